The first-order valence-corrected chi connectivity index (χ1v) is 7.79. The summed E-state index contributed by atoms with van der Waals surface area (Å²) >= 11 is 1.21. The van der Waals surface area contributed by atoms with E-state index < -0.39 is 25.0 Å². The lowest BCUT2D eigenvalue weighted by Crippen LogP contribution is -2.41. The molecule has 0 atom stereocenters. The molecule has 1 aromatic heterocycles. The molecule has 0 radical (unpaired) electrons. The van der Waals surface area contributed by atoms with E-state index >= 15 is 0 Å². The van der Waals surface area contributed by atoms with Crippen molar-refractivity contribution in [2.24, 2.45) is 0 Å². The smallest absolute Gasteiger partial charge is 0.288 e. The molecule has 2 heterocycles. The maximum absolute atomic E-state index is 13.5. The van der Waals surface area contributed by atoms with Crippen LogP contribution in [0.4, 0.5) is 13.2 Å². The van der Waals surface area contributed by atoms with Crippen molar-refractivity contribution >= 4 is 17.2 Å². The van der Waals surface area contributed by atoms with Crippen LogP contribution in [-0.2, 0) is 4.74 Å². The maximum Gasteiger partial charge on any atom is 0.288 e. The van der Waals surface area contributed by atoms with E-state index in [-0.39, 0.29) is 24.7 Å². The van der Waals surface area contributed by atoms with Gasteiger partial charge < -0.3 is 9.64 Å². The van der Waals surface area contributed by atoms with Crippen LogP contribution in [0.15, 0.2) is 29.6 Å². The van der Waals surface area contributed by atoms with E-state index in [1.165, 1.54) is 28.8 Å². The lowest BCUT2D eigenvalue weighted by molar-refractivity contribution is -0.0661. The highest BCUT2D eigenvalue weighted by molar-refractivity contribution is 7.13. The number of alkyl halides is 2. The van der Waals surface area contributed by atoms with Crippen LogP contribution in [0.1, 0.15) is 10.5 Å². The van der Waals surface area contributed by atoms with Gasteiger partial charge in [-0.05, 0) is 24.3 Å². The van der Waals surface area contributed by atoms with Gasteiger partial charge in [0.25, 0.3) is 11.8 Å². The van der Waals surface area contributed by atoms with Crippen molar-refractivity contribution in [3.8, 4) is 10.6 Å². The number of halogens is 3. The lowest BCUT2D eigenvalue weighted by Gasteiger charge is -2.22. The molecule has 0 N–H and O–H groups in total. The summed E-state index contributed by atoms with van der Waals surface area (Å²) < 4.78 is 44.8. The second-order valence-electron chi connectivity index (χ2n) is 5.18. The Bertz CT molecular complexity index is 703. The summed E-state index contributed by atoms with van der Waals surface area (Å²) in [7, 11) is 0. The van der Waals surface area contributed by atoms with Crippen LogP contribution in [0.3, 0.4) is 0 Å². The number of benzene rings is 1. The van der Waals surface area contributed by atoms with Gasteiger partial charge in [-0.3, -0.25) is 4.79 Å². The molecular weight excluding hydrogens is 329 g/mol. The summed E-state index contributed by atoms with van der Waals surface area (Å²) in [6.45, 7) is -1.21. The molecule has 8 heteroatoms. The highest BCUT2D eigenvalue weighted by Gasteiger charge is 2.37. The third kappa shape index (κ3) is 3.70. The molecule has 1 aliphatic rings. The first-order chi connectivity index (χ1) is 10.9. The van der Waals surface area contributed by atoms with Gasteiger partial charge in [-0.2, -0.15) is 0 Å². The molecule has 1 aromatic carbocycles. The molecule has 0 aliphatic carbocycles. The molecule has 23 heavy (non-hydrogen) atoms. The molecule has 0 spiro atoms. The van der Waals surface area contributed by atoms with E-state index in [9.17, 15) is 18.0 Å². The number of thiazole rings is 1. The minimum absolute atomic E-state index is 0.0658. The maximum atomic E-state index is 13.5. The Morgan fingerprint density at radius 1 is 1.30 bits per heavy atom. The van der Waals surface area contributed by atoms with E-state index in [0.29, 0.717) is 10.6 Å². The minimum atomic E-state index is -3.07. The Morgan fingerprint density at radius 2 is 2.04 bits per heavy atom. The molecule has 1 amide bonds. The predicted molar refractivity (Wildman–Crippen MR) is 79.2 cm³/mol. The highest BCUT2D eigenvalue weighted by atomic mass is 32.1. The van der Waals surface area contributed by atoms with Crippen molar-refractivity contribution in [1.82, 2.24) is 9.88 Å². The predicted octanol–water partition coefficient (Wildman–Crippen LogP) is 3.06. The summed E-state index contributed by atoms with van der Waals surface area (Å²) in [4.78, 5) is 17.6. The topological polar surface area (TPSA) is 42.4 Å². The standard InChI is InChI=1S/C15H13F3N2O2S/c16-11-3-1-10(2-4-11)13-19-12(7-23-13)14(21)20-5-6-22-9-15(17,18)8-20/h1-4,7H,5-6,8-9H2. The summed E-state index contributed by atoms with van der Waals surface area (Å²) in [6, 6.07) is 5.70. The quantitative estimate of drug-likeness (QED) is 0.842. The molecule has 0 saturated carbocycles. The fourth-order valence-electron chi connectivity index (χ4n) is 2.23. The van der Waals surface area contributed by atoms with E-state index in [1.54, 1.807) is 12.1 Å². The monoisotopic (exact) mass is 342 g/mol. The fraction of sp³-hybridized carbons (Fsp3) is 0.333. The number of aromatic nitrogens is 1. The number of hydrogen-bond acceptors (Lipinski definition) is 4. The number of rotatable bonds is 2. The molecule has 122 valence electrons. The normalized spacial score (nSPS) is 17.8. The second kappa shape index (κ2) is 6.29. The lowest BCUT2D eigenvalue weighted by atomic mass is 10.2. The molecule has 3 rings (SSSR count). The van der Waals surface area contributed by atoms with Crippen molar-refractivity contribution in [1.29, 1.82) is 0 Å². The van der Waals surface area contributed by atoms with Gasteiger partial charge in [-0.15, -0.1) is 11.3 Å². The van der Waals surface area contributed by atoms with Crippen LogP contribution in [0, 0.1) is 5.82 Å². The highest BCUT2D eigenvalue weighted by Crippen LogP contribution is 2.25. The minimum Gasteiger partial charge on any atom is -0.373 e. The first-order valence-electron chi connectivity index (χ1n) is 6.91. The average Bonchev–Trinajstić information content (AvgIpc) is 2.92. The fourth-order valence-corrected chi connectivity index (χ4v) is 3.03. The van der Waals surface area contributed by atoms with E-state index in [2.05, 4.69) is 4.98 Å². The Morgan fingerprint density at radius 3 is 2.78 bits per heavy atom. The molecule has 1 fully saturated rings. The van der Waals surface area contributed by atoms with Crippen LogP contribution in [-0.4, -0.2) is 48.0 Å². The van der Waals surface area contributed by atoms with Crippen LogP contribution in [0.2, 0.25) is 0 Å². The molecule has 2 aromatic rings. The van der Waals surface area contributed by atoms with Gasteiger partial charge in [-0.1, -0.05) is 0 Å². The summed E-state index contributed by atoms with van der Waals surface area (Å²) in [6.07, 6.45) is 0. The molecule has 4 nitrogen and oxygen atoms in total. The van der Waals surface area contributed by atoms with E-state index in [0.717, 1.165) is 4.90 Å². The largest absolute Gasteiger partial charge is 0.373 e. The van der Waals surface area contributed by atoms with Gasteiger partial charge in [0.05, 0.1) is 13.2 Å². The Hall–Kier alpha value is -1.93. The third-order valence-electron chi connectivity index (χ3n) is 3.34. The van der Waals surface area contributed by atoms with Crippen LogP contribution in [0.5, 0.6) is 0 Å². The van der Waals surface area contributed by atoms with E-state index in [1.807, 2.05) is 0 Å². The molecule has 0 bridgehead atoms. The van der Waals surface area contributed by atoms with Gasteiger partial charge >= 0.3 is 0 Å². The van der Waals surface area contributed by atoms with Crippen molar-refractivity contribution in [3.63, 3.8) is 0 Å². The van der Waals surface area contributed by atoms with Crippen LogP contribution >= 0.6 is 11.3 Å². The molecule has 0 unspecified atom stereocenters. The zero-order chi connectivity index (χ0) is 16.4. The zero-order valence-corrected chi connectivity index (χ0v) is 12.8. The third-order valence-corrected chi connectivity index (χ3v) is 4.23. The summed E-state index contributed by atoms with van der Waals surface area (Å²) in [5.74, 6) is -3.99. The summed E-state index contributed by atoms with van der Waals surface area (Å²) in [5, 5.41) is 2.05. The van der Waals surface area contributed by atoms with Crippen LogP contribution < -0.4 is 0 Å². The van der Waals surface area contributed by atoms with Crippen LogP contribution in [0.25, 0.3) is 10.6 Å². The van der Waals surface area contributed by atoms with E-state index in [4.69, 9.17) is 4.74 Å². The van der Waals surface area contributed by atoms with Gasteiger partial charge in [0.1, 0.15) is 23.1 Å². The number of carbonyl (C=O) groups excluding carboxylic acids is 1. The van der Waals surface area contributed by atoms with Gasteiger partial charge in [0.15, 0.2) is 0 Å². The second-order valence-corrected chi connectivity index (χ2v) is 6.04. The number of hydrogen-bond donors (Lipinski definition) is 0. The zero-order valence-electron chi connectivity index (χ0n) is 12.0. The Labute approximate surface area is 134 Å². The molecular formula is C15H13F3N2O2S. The van der Waals surface area contributed by atoms with Gasteiger partial charge in [0.2, 0.25) is 0 Å². The van der Waals surface area contributed by atoms with Gasteiger partial charge in [-0.25, -0.2) is 18.2 Å². The molecule has 1 aliphatic heterocycles. The average molecular weight is 342 g/mol. The summed E-state index contributed by atoms with van der Waals surface area (Å²) in [5.41, 5.74) is 0.770. The van der Waals surface area contributed by atoms with Crippen molar-refractivity contribution in [2.75, 3.05) is 26.3 Å². The number of nitrogens with zero attached hydrogens (tertiary/aromatic N) is 2. The van der Waals surface area contributed by atoms with Crippen molar-refractivity contribution < 1.29 is 22.7 Å². The number of amides is 1. The van der Waals surface area contributed by atoms with Crippen molar-refractivity contribution in [2.45, 2.75) is 5.92 Å². The Kier molecular flexibility index (Phi) is 4.36. The first kappa shape index (κ1) is 15.9. The molecule has 1 saturated heterocycles. The SMILES string of the molecule is O=C(c1csc(-c2ccc(F)cc2)n1)N1CCOCC(F)(F)C1. The number of ether oxygens (including phenoxy) is 1. The number of carbonyl (C=O) groups is 1. The van der Waals surface area contributed by atoms with Crippen molar-refractivity contribution in [3.05, 3.63) is 41.2 Å². The van der Waals surface area contributed by atoms with Gasteiger partial charge in [0, 0.05) is 17.5 Å². The Balaban J connectivity index is 1.79.